The van der Waals surface area contributed by atoms with E-state index in [4.69, 9.17) is 9.47 Å². The van der Waals surface area contributed by atoms with Crippen LogP contribution in [0.25, 0.3) is 0 Å². The second kappa shape index (κ2) is 18.2. The Hall–Kier alpha value is -2.41. The first-order valence-corrected chi connectivity index (χ1v) is 16.4. The standard InChI is InChI=1S/C34H54N2O5/c1-4-6-7-8-9-10-11-12-13-17-22-29(33(38)40-5-2)35-26(3)32(37)36-30-23-18-21-28(30)24-31(36)34(39)41-25-27-19-15-14-16-20-27/h14-16,19-20,26,28-31,35H,4-13,17-18,21-25H2,1-3H3/t26?,28-,29?,30-,31-/m0/s1. The number of unbranched alkanes of at least 4 members (excludes halogenated alkanes) is 9. The van der Waals surface area contributed by atoms with Crippen LogP contribution in [-0.2, 0) is 30.5 Å². The first-order valence-electron chi connectivity index (χ1n) is 16.4. The molecule has 2 unspecified atom stereocenters. The zero-order valence-corrected chi connectivity index (χ0v) is 25.8. The molecule has 1 aliphatic heterocycles. The molecule has 2 aliphatic rings. The Labute approximate surface area is 248 Å². The minimum atomic E-state index is -0.601. The highest BCUT2D eigenvalue weighted by molar-refractivity contribution is 5.89. The highest BCUT2D eigenvalue weighted by atomic mass is 16.5. The van der Waals surface area contributed by atoms with E-state index < -0.39 is 18.1 Å². The van der Waals surface area contributed by atoms with E-state index in [0.717, 1.165) is 37.7 Å². The van der Waals surface area contributed by atoms with Crippen molar-refractivity contribution in [3.05, 3.63) is 35.9 Å². The molecule has 0 spiro atoms. The number of ether oxygens (including phenoxy) is 2. The molecular weight excluding hydrogens is 516 g/mol. The average molecular weight is 571 g/mol. The molecule has 1 saturated carbocycles. The number of esters is 2. The van der Waals surface area contributed by atoms with Gasteiger partial charge in [0.15, 0.2) is 0 Å². The van der Waals surface area contributed by atoms with Crippen molar-refractivity contribution in [2.24, 2.45) is 5.92 Å². The Kier molecular flexibility index (Phi) is 14.7. The quantitative estimate of drug-likeness (QED) is 0.147. The van der Waals surface area contributed by atoms with Crippen molar-refractivity contribution in [1.29, 1.82) is 0 Å². The van der Waals surface area contributed by atoms with Crippen LogP contribution in [0.5, 0.6) is 0 Å². The van der Waals surface area contributed by atoms with Gasteiger partial charge < -0.3 is 14.4 Å². The van der Waals surface area contributed by atoms with Crippen LogP contribution >= 0.6 is 0 Å². The lowest BCUT2D eigenvalue weighted by molar-refractivity contribution is -0.156. The number of benzene rings is 1. The second-order valence-corrected chi connectivity index (χ2v) is 12.0. The first kappa shape index (κ1) is 33.1. The van der Waals surface area contributed by atoms with Gasteiger partial charge in [0, 0.05) is 6.04 Å². The summed E-state index contributed by atoms with van der Waals surface area (Å²) in [7, 11) is 0. The van der Waals surface area contributed by atoms with Crippen molar-refractivity contribution in [3.8, 4) is 0 Å². The van der Waals surface area contributed by atoms with Gasteiger partial charge in [0.05, 0.1) is 12.6 Å². The summed E-state index contributed by atoms with van der Waals surface area (Å²) >= 11 is 0. The van der Waals surface area contributed by atoms with Gasteiger partial charge in [0.1, 0.15) is 18.7 Å². The predicted molar refractivity (Wildman–Crippen MR) is 162 cm³/mol. The molecule has 7 nitrogen and oxygen atoms in total. The third kappa shape index (κ3) is 10.4. The normalized spacial score (nSPS) is 21.3. The van der Waals surface area contributed by atoms with Crippen LogP contribution in [0.2, 0.25) is 0 Å². The third-order valence-electron chi connectivity index (χ3n) is 8.83. The van der Waals surface area contributed by atoms with E-state index in [1.54, 1.807) is 11.8 Å². The van der Waals surface area contributed by atoms with Crippen LogP contribution in [0.3, 0.4) is 0 Å². The van der Waals surface area contributed by atoms with E-state index in [0.29, 0.717) is 25.4 Å². The molecule has 1 aromatic rings. The number of fused-ring (bicyclic) bond motifs is 1. The number of amides is 1. The van der Waals surface area contributed by atoms with Crippen molar-refractivity contribution in [1.82, 2.24) is 10.2 Å². The minimum absolute atomic E-state index is 0.0593. The minimum Gasteiger partial charge on any atom is -0.465 e. The summed E-state index contributed by atoms with van der Waals surface area (Å²) in [4.78, 5) is 41.6. The van der Waals surface area contributed by atoms with Crippen LogP contribution in [0.1, 0.15) is 123 Å². The van der Waals surface area contributed by atoms with Gasteiger partial charge in [0.25, 0.3) is 0 Å². The first-order chi connectivity index (χ1) is 20.0. The Bertz CT molecular complexity index is 923. The number of nitrogens with zero attached hydrogens (tertiary/aromatic N) is 1. The summed E-state index contributed by atoms with van der Waals surface area (Å²) in [6.45, 7) is 6.36. The Morgan fingerprint density at radius 1 is 0.902 bits per heavy atom. The highest BCUT2D eigenvalue weighted by Crippen LogP contribution is 2.42. The molecule has 1 amide bonds. The van der Waals surface area contributed by atoms with Gasteiger partial charge in [-0.05, 0) is 51.0 Å². The molecule has 1 N–H and O–H groups in total. The molecular formula is C34H54N2O5. The monoisotopic (exact) mass is 570 g/mol. The molecule has 3 rings (SSSR count). The SMILES string of the molecule is CCCCCCCCCCCCC(NC(C)C(=O)N1[C@H](C(=O)OCc2ccccc2)C[C@@H]2CCC[C@@H]21)C(=O)OCC. The van der Waals surface area contributed by atoms with Crippen LogP contribution in [0.4, 0.5) is 0 Å². The number of rotatable bonds is 19. The highest BCUT2D eigenvalue weighted by Gasteiger charge is 2.50. The van der Waals surface area contributed by atoms with Crippen molar-refractivity contribution >= 4 is 17.8 Å². The topological polar surface area (TPSA) is 84.9 Å². The van der Waals surface area contributed by atoms with Gasteiger partial charge in [0.2, 0.25) is 5.91 Å². The molecule has 7 heteroatoms. The third-order valence-corrected chi connectivity index (χ3v) is 8.83. The van der Waals surface area contributed by atoms with E-state index in [1.165, 1.54) is 51.4 Å². The summed E-state index contributed by atoms with van der Waals surface area (Å²) in [6, 6.07) is 7.97. The van der Waals surface area contributed by atoms with E-state index in [-0.39, 0.29) is 30.5 Å². The zero-order valence-electron chi connectivity index (χ0n) is 25.8. The predicted octanol–water partition coefficient (Wildman–Crippen LogP) is 6.72. The van der Waals surface area contributed by atoms with Crippen LogP contribution < -0.4 is 5.32 Å². The molecule has 1 aliphatic carbocycles. The number of hydrogen-bond acceptors (Lipinski definition) is 6. The molecule has 1 heterocycles. The van der Waals surface area contributed by atoms with Gasteiger partial charge in [-0.1, -0.05) is 108 Å². The average Bonchev–Trinajstić information content (AvgIpc) is 3.58. The van der Waals surface area contributed by atoms with Crippen molar-refractivity contribution in [2.75, 3.05) is 6.61 Å². The Balaban J connectivity index is 1.52. The van der Waals surface area contributed by atoms with Crippen LogP contribution in [-0.4, -0.2) is 53.5 Å². The number of nitrogens with one attached hydrogen (secondary N) is 1. The number of likely N-dealkylation sites (tertiary alicyclic amines) is 1. The van der Waals surface area contributed by atoms with Gasteiger partial charge in [-0.25, -0.2) is 4.79 Å². The molecule has 1 aromatic carbocycles. The molecule has 230 valence electrons. The lowest BCUT2D eigenvalue weighted by Crippen LogP contribution is -2.55. The fourth-order valence-electron chi connectivity index (χ4n) is 6.59. The molecule has 41 heavy (non-hydrogen) atoms. The number of carbonyl (C=O) groups is 3. The Morgan fingerprint density at radius 3 is 2.22 bits per heavy atom. The lowest BCUT2D eigenvalue weighted by Gasteiger charge is -2.32. The largest absolute Gasteiger partial charge is 0.465 e. The van der Waals surface area contributed by atoms with Gasteiger partial charge >= 0.3 is 11.9 Å². The maximum Gasteiger partial charge on any atom is 0.329 e. The molecule has 2 fully saturated rings. The van der Waals surface area contributed by atoms with Crippen molar-refractivity contribution < 1.29 is 23.9 Å². The van der Waals surface area contributed by atoms with Crippen molar-refractivity contribution in [2.45, 2.75) is 148 Å². The second-order valence-electron chi connectivity index (χ2n) is 12.0. The van der Waals surface area contributed by atoms with Gasteiger partial charge in [-0.3, -0.25) is 14.9 Å². The summed E-state index contributed by atoms with van der Waals surface area (Å²) < 4.78 is 11.0. The molecule has 1 saturated heterocycles. The summed E-state index contributed by atoms with van der Waals surface area (Å²) in [5.41, 5.74) is 0.927. The lowest BCUT2D eigenvalue weighted by atomic mass is 10.0. The maximum absolute atomic E-state index is 13.8. The van der Waals surface area contributed by atoms with Crippen molar-refractivity contribution in [3.63, 3.8) is 0 Å². The Morgan fingerprint density at radius 2 is 1.56 bits per heavy atom. The fourth-order valence-corrected chi connectivity index (χ4v) is 6.59. The number of carbonyl (C=O) groups excluding carboxylic acids is 3. The fraction of sp³-hybridized carbons (Fsp3) is 0.735. The van der Waals surface area contributed by atoms with E-state index in [2.05, 4.69) is 12.2 Å². The van der Waals surface area contributed by atoms with Gasteiger partial charge in [-0.15, -0.1) is 0 Å². The smallest absolute Gasteiger partial charge is 0.329 e. The van der Waals surface area contributed by atoms with E-state index >= 15 is 0 Å². The number of hydrogen-bond donors (Lipinski definition) is 1. The van der Waals surface area contributed by atoms with Gasteiger partial charge in [-0.2, -0.15) is 0 Å². The van der Waals surface area contributed by atoms with E-state index in [9.17, 15) is 14.4 Å². The van der Waals surface area contributed by atoms with E-state index in [1.807, 2.05) is 37.3 Å². The van der Waals surface area contributed by atoms with Crippen LogP contribution in [0, 0.1) is 5.92 Å². The molecule has 0 bridgehead atoms. The summed E-state index contributed by atoms with van der Waals surface area (Å²) in [5, 5.41) is 3.29. The zero-order chi connectivity index (χ0) is 29.5. The summed E-state index contributed by atoms with van der Waals surface area (Å²) in [5.74, 6) is -0.440. The maximum atomic E-state index is 13.8. The summed E-state index contributed by atoms with van der Waals surface area (Å²) in [6.07, 6.45) is 16.6. The molecule has 5 atom stereocenters. The van der Waals surface area contributed by atoms with Crippen LogP contribution in [0.15, 0.2) is 30.3 Å². The molecule has 0 radical (unpaired) electrons. The molecule has 0 aromatic heterocycles.